The van der Waals surface area contributed by atoms with Gasteiger partial charge in [-0.15, -0.1) is 11.3 Å². The molecule has 1 N–H and O–H groups in total. The summed E-state index contributed by atoms with van der Waals surface area (Å²) in [5.41, 5.74) is 0. The minimum atomic E-state index is -2.36. The van der Waals surface area contributed by atoms with Gasteiger partial charge in [-0.2, -0.15) is 8.78 Å². The second kappa shape index (κ2) is 8.67. The van der Waals surface area contributed by atoms with Crippen LogP contribution in [0.5, 0.6) is 0 Å². The zero-order valence-electron chi connectivity index (χ0n) is 12.6. The highest BCUT2D eigenvalue weighted by molar-refractivity contribution is 7.98. The molecule has 2 rings (SSSR count). The Labute approximate surface area is 137 Å². The standard InChI is InChI=1S/C15H20F2N2OS2/c1-19(2)13(14-4-3-7-21-14)9-18-8-11-5-6-12(20-11)10-22-15(16)17/h3-7,13,15,18H,8-10H2,1-2H3. The molecule has 0 aliphatic carbocycles. The largest absolute Gasteiger partial charge is 0.464 e. The van der Waals surface area contributed by atoms with E-state index in [1.807, 2.05) is 6.07 Å². The van der Waals surface area contributed by atoms with Crippen LogP contribution in [0.1, 0.15) is 22.4 Å². The van der Waals surface area contributed by atoms with Crippen LogP contribution in [0.4, 0.5) is 8.78 Å². The molecule has 0 aromatic carbocycles. The van der Waals surface area contributed by atoms with Crippen molar-refractivity contribution in [1.82, 2.24) is 10.2 Å². The average Bonchev–Trinajstić information content (AvgIpc) is 3.12. The van der Waals surface area contributed by atoms with Crippen molar-refractivity contribution in [2.45, 2.75) is 24.1 Å². The lowest BCUT2D eigenvalue weighted by molar-refractivity contribution is 0.251. The van der Waals surface area contributed by atoms with E-state index in [4.69, 9.17) is 4.42 Å². The van der Waals surface area contributed by atoms with E-state index in [0.29, 0.717) is 30.1 Å². The zero-order chi connectivity index (χ0) is 15.9. The molecule has 2 aromatic rings. The first kappa shape index (κ1) is 17.5. The highest BCUT2D eigenvalue weighted by Crippen LogP contribution is 2.23. The van der Waals surface area contributed by atoms with Gasteiger partial charge < -0.3 is 14.6 Å². The molecule has 0 saturated carbocycles. The van der Waals surface area contributed by atoms with Gasteiger partial charge in [0.1, 0.15) is 11.5 Å². The van der Waals surface area contributed by atoms with Gasteiger partial charge in [-0.05, 0) is 37.7 Å². The summed E-state index contributed by atoms with van der Waals surface area (Å²) in [6.45, 7) is 1.39. The molecular formula is C15H20F2N2OS2. The summed E-state index contributed by atoms with van der Waals surface area (Å²) in [6.07, 6.45) is 0. The van der Waals surface area contributed by atoms with Crippen LogP contribution in [0, 0.1) is 0 Å². The molecule has 2 aromatic heterocycles. The lowest BCUT2D eigenvalue weighted by atomic mass is 10.2. The van der Waals surface area contributed by atoms with Crippen molar-refractivity contribution in [2.75, 3.05) is 20.6 Å². The van der Waals surface area contributed by atoms with Crippen molar-refractivity contribution < 1.29 is 13.2 Å². The second-order valence-electron chi connectivity index (χ2n) is 5.07. The first-order chi connectivity index (χ1) is 10.6. The number of thiophene rings is 1. The lowest BCUT2D eigenvalue weighted by Crippen LogP contribution is -2.30. The molecule has 0 bridgehead atoms. The molecule has 3 nitrogen and oxygen atoms in total. The van der Waals surface area contributed by atoms with Crippen molar-refractivity contribution in [3.05, 3.63) is 46.0 Å². The lowest BCUT2D eigenvalue weighted by Gasteiger charge is -2.23. The van der Waals surface area contributed by atoms with E-state index in [-0.39, 0.29) is 5.75 Å². The smallest absolute Gasteiger partial charge is 0.284 e. The van der Waals surface area contributed by atoms with E-state index in [2.05, 4.69) is 41.8 Å². The molecule has 2 heterocycles. The number of thioether (sulfide) groups is 1. The Bertz CT molecular complexity index is 543. The quantitative estimate of drug-likeness (QED) is 0.737. The summed E-state index contributed by atoms with van der Waals surface area (Å²) in [6, 6.07) is 8.09. The maximum absolute atomic E-state index is 12.1. The fourth-order valence-electron chi connectivity index (χ4n) is 2.09. The Hall–Kier alpha value is -0.890. The molecule has 0 fully saturated rings. The van der Waals surface area contributed by atoms with Crippen molar-refractivity contribution in [2.24, 2.45) is 0 Å². The molecule has 0 saturated heterocycles. The van der Waals surface area contributed by atoms with E-state index in [9.17, 15) is 8.78 Å². The minimum Gasteiger partial charge on any atom is -0.464 e. The third-order valence-electron chi connectivity index (χ3n) is 3.20. The van der Waals surface area contributed by atoms with E-state index < -0.39 is 5.76 Å². The van der Waals surface area contributed by atoms with Crippen molar-refractivity contribution in [1.29, 1.82) is 0 Å². The molecule has 122 valence electrons. The predicted molar refractivity (Wildman–Crippen MR) is 88.5 cm³/mol. The summed E-state index contributed by atoms with van der Waals surface area (Å²) in [5.74, 6) is -0.802. The number of hydrogen-bond donors (Lipinski definition) is 1. The van der Waals surface area contributed by atoms with Gasteiger partial charge in [0, 0.05) is 11.4 Å². The van der Waals surface area contributed by atoms with Crippen LogP contribution < -0.4 is 5.32 Å². The molecule has 0 spiro atoms. The first-order valence-electron chi connectivity index (χ1n) is 6.94. The van der Waals surface area contributed by atoms with Crippen LogP contribution in [0.15, 0.2) is 34.1 Å². The Morgan fingerprint density at radius 2 is 2.05 bits per heavy atom. The minimum absolute atomic E-state index is 0.202. The van der Waals surface area contributed by atoms with Crippen LogP contribution in [-0.4, -0.2) is 31.3 Å². The summed E-state index contributed by atoms with van der Waals surface area (Å²) < 4.78 is 29.8. The van der Waals surface area contributed by atoms with Gasteiger partial charge in [0.25, 0.3) is 5.76 Å². The van der Waals surface area contributed by atoms with Gasteiger partial charge in [0.15, 0.2) is 0 Å². The number of likely N-dealkylation sites (N-methyl/N-ethyl adjacent to an activating group) is 1. The third kappa shape index (κ3) is 5.39. The Morgan fingerprint density at radius 3 is 2.68 bits per heavy atom. The Morgan fingerprint density at radius 1 is 1.27 bits per heavy atom. The normalized spacial score (nSPS) is 13.2. The zero-order valence-corrected chi connectivity index (χ0v) is 14.2. The number of rotatable bonds is 9. The third-order valence-corrected chi connectivity index (χ3v) is 4.88. The van der Waals surface area contributed by atoms with Gasteiger partial charge >= 0.3 is 0 Å². The number of hydrogen-bond acceptors (Lipinski definition) is 5. The second-order valence-corrected chi connectivity index (χ2v) is 7.02. The maximum Gasteiger partial charge on any atom is 0.284 e. The molecule has 22 heavy (non-hydrogen) atoms. The number of nitrogens with zero attached hydrogens (tertiary/aromatic N) is 1. The summed E-state index contributed by atoms with van der Waals surface area (Å²) >= 11 is 2.32. The van der Waals surface area contributed by atoms with E-state index >= 15 is 0 Å². The van der Waals surface area contributed by atoms with Crippen LogP contribution >= 0.6 is 23.1 Å². The molecule has 1 unspecified atom stereocenters. The summed E-state index contributed by atoms with van der Waals surface area (Å²) in [4.78, 5) is 3.48. The highest BCUT2D eigenvalue weighted by atomic mass is 32.2. The SMILES string of the molecule is CN(C)C(CNCc1ccc(CSC(F)F)o1)c1cccs1. The van der Waals surface area contributed by atoms with Gasteiger partial charge in [-0.3, -0.25) is 0 Å². The Balaban J connectivity index is 1.80. The monoisotopic (exact) mass is 346 g/mol. The predicted octanol–water partition coefficient (Wildman–Crippen LogP) is 4.19. The Kier molecular flexibility index (Phi) is 6.88. The van der Waals surface area contributed by atoms with Crippen LogP contribution in [0.3, 0.4) is 0 Å². The van der Waals surface area contributed by atoms with E-state index in [1.165, 1.54) is 4.88 Å². The van der Waals surface area contributed by atoms with E-state index in [0.717, 1.165) is 12.3 Å². The van der Waals surface area contributed by atoms with Crippen LogP contribution in [0.25, 0.3) is 0 Å². The summed E-state index contributed by atoms with van der Waals surface area (Å²) in [5, 5.41) is 5.44. The van der Waals surface area contributed by atoms with Gasteiger partial charge in [-0.1, -0.05) is 17.8 Å². The molecule has 0 aliphatic rings. The number of alkyl halides is 2. The fraction of sp³-hybridized carbons (Fsp3) is 0.467. The fourth-order valence-corrected chi connectivity index (χ4v) is 3.46. The first-order valence-corrected chi connectivity index (χ1v) is 8.87. The van der Waals surface area contributed by atoms with Crippen molar-refractivity contribution in [3.63, 3.8) is 0 Å². The molecule has 0 radical (unpaired) electrons. The average molecular weight is 346 g/mol. The van der Waals surface area contributed by atoms with Crippen LogP contribution in [0.2, 0.25) is 0 Å². The van der Waals surface area contributed by atoms with Crippen molar-refractivity contribution in [3.8, 4) is 0 Å². The molecule has 0 amide bonds. The maximum atomic E-state index is 12.1. The van der Waals surface area contributed by atoms with E-state index in [1.54, 1.807) is 17.4 Å². The number of furan rings is 1. The molecule has 7 heteroatoms. The molecule has 1 atom stereocenters. The highest BCUT2D eigenvalue weighted by Gasteiger charge is 2.15. The van der Waals surface area contributed by atoms with Gasteiger partial charge in [0.05, 0.1) is 18.3 Å². The van der Waals surface area contributed by atoms with Gasteiger partial charge in [-0.25, -0.2) is 0 Å². The van der Waals surface area contributed by atoms with Crippen molar-refractivity contribution >= 4 is 23.1 Å². The molecular weight excluding hydrogens is 326 g/mol. The van der Waals surface area contributed by atoms with Gasteiger partial charge in [0.2, 0.25) is 0 Å². The topological polar surface area (TPSA) is 28.4 Å². The number of halogens is 2. The summed E-state index contributed by atoms with van der Waals surface area (Å²) in [7, 11) is 4.11. The van der Waals surface area contributed by atoms with Crippen LogP contribution in [-0.2, 0) is 12.3 Å². The number of nitrogens with one attached hydrogen (secondary N) is 1. The molecule has 0 aliphatic heterocycles.